The summed E-state index contributed by atoms with van der Waals surface area (Å²) in [7, 11) is 1.81. The molecule has 0 aromatic heterocycles. The molecule has 0 bridgehead atoms. The fourth-order valence-corrected chi connectivity index (χ4v) is 0.236. The molecule has 0 aliphatic rings. The molecule has 0 heterocycles. The lowest BCUT2D eigenvalue weighted by atomic mass is 10.5. The van der Waals surface area contributed by atoms with E-state index in [0.29, 0.717) is 6.54 Å². The van der Waals surface area contributed by atoms with Crippen LogP contribution in [0.3, 0.4) is 0 Å². The lowest BCUT2D eigenvalue weighted by Crippen LogP contribution is -2.39. The van der Waals surface area contributed by atoms with Crippen molar-refractivity contribution in [1.82, 2.24) is 5.32 Å². The minimum atomic E-state index is -0.213. The van der Waals surface area contributed by atoms with Crippen molar-refractivity contribution in [2.45, 2.75) is 6.17 Å². The van der Waals surface area contributed by atoms with Crippen LogP contribution in [0, 0.1) is 0 Å². The van der Waals surface area contributed by atoms with Crippen molar-refractivity contribution in [3.63, 3.8) is 0 Å². The number of rotatable bonds is 2. The molecule has 0 atom stereocenters. The fraction of sp³-hybridized carbons (Fsp3) is 1.00. The van der Waals surface area contributed by atoms with E-state index in [1.807, 2.05) is 7.05 Å². The summed E-state index contributed by atoms with van der Waals surface area (Å²) in [4.78, 5) is 0. The fourth-order valence-electron chi connectivity index (χ4n) is 0.236. The Bertz CT molecular complexity index is 27.2. The number of likely N-dealkylation sites (N-methyl/N-ethyl adjacent to an activating group) is 1. The lowest BCUT2D eigenvalue weighted by Gasteiger charge is -1.99. The second-order valence-corrected chi connectivity index (χ2v) is 1.22. The Kier molecular flexibility index (Phi) is 3.02. The van der Waals surface area contributed by atoms with Crippen LogP contribution in [-0.4, -0.2) is 19.8 Å². The predicted octanol–water partition coefficient (Wildman–Crippen LogP) is -1.55. The molecule has 6 heavy (non-hydrogen) atoms. The standard InChI is InChI=1S/C3H11N3/c1-6-2-3(4)5/h3,6H,2,4-5H2,1H3. The highest BCUT2D eigenvalue weighted by Gasteiger charge is 1.84. The molecule has 0 saturated heterocycles. The third-order valence-corrected chi connectivity index (χ3v) is 0.440. The van der Waals surface area contributed by atoms with E-state index >= 15 is 0 Å². The van der Waals surface area contributed by atoms with Crippen molar-refractivity contribution in [1.29, 1.82) is 0 Å². The molecule has 0 radical (unpaired) electrons. The SMILES string of the molecule is CNCC(N)N. The Labute approximate surface area is 37.7 Å². The van der Waals surface area contributed by atoms with Gasteiger partial charge in [0.25, 0.3) is 0 Å². The summed E-state index contributed by atoms with van der Waals surface area (Å²) in [5.74, 6) is 0. The Morgan fingerprint density at radius 3 is 2.17 bits per heavy atom. The number of nitrogens with two attached hydrogens (primary N) is 2. The molecule has 0 aromatic rings. The second-order valence-electron chi connectivity index (χ2n) is 1.22. The number of hydrogen-bond acceptors (Lipinski definition) is 3. The summed E-state index contributed by atoms with van der Waals surface area (Å²) in [5.41, 5.74) is 10.2. The van der Waals surface area contributed by atoms with Gasteiger partial charge in [-0.1, -0.05) is 0 Å². The Hall–Kier alpha value is -0.120. The maximum Gasteiger partial charge on any atom is 0.0649 e. The summed E-state index contributed by atoms with van der Waals surface area (Å²) in [6.45, 7) is 0.681. The zero-order chi connectivity index (χ0) is 4.99. The van der Waals surface area contributed by atoms with E-state index in [9.17, 15) is 0 Å². The largest absolute Gasteiger partial charge is 0.317 e. The highest BCUT2D eigenvalue weighted by Crippen LogP contribution is 1.51. The number of hydrogen-bond donors (Lipinski definition) is 3. The monoisotopic (exact) mass is 89.1 g/mol. The van der Waals surface area contributed by atoms with Gasteiger partial charge in [-0.25, -0.2) is 0 Å². The van der Waals surface area contributed by atoms with Gasteiger partial charge in [-0.2, -0.15) is 0 Å². The third-order valence-electron chi connectivity index (χ3n) is 0.440. The quantitative estimate of drug-likeness (QED) is 0.359. The molecule has 0 amide bonds. The van der Waals surface area contributed by atoms with Gasteiger partial charge in [0.05, 0.1) is 6.17 Å². The molecule has 0 spiro atoms. The molecule has 3 heteroatoms. The average molecular weight is 89.1 g/mol. The van der Waals surface area contributed by atoms with E-state index in [1.54, 1.807) is 0 Å². The van der Waals surface area contributed by atoms with Crippen molar-refractivity contribution >= 4 is 0 Å². The van der Waals surface area contributed by atoms with Gasteiger partial charge in [-0.3, -0.25) is 0 Å². The number of nitrogens with one attached hydrogen (secondary N) is 1. The predicted molar refractivity (Wildman–Crippen MR) is 26.1 cm³/mol. The van der Waals surface area contributed by atoms with Crippen LogP contribution in [0.4, 0.5) is 0 Å². The normalized spacial score (nSPS) is 10.0. The van der Waals surface area contributed by atoms with Crippen molar-refractivity contribution in [2.75, 3.05) is 13.6 Å². The molecule has 3 nitrogen and oxygen atoms in total. The van der Waals surface area contributed by atoms with Crippen LogP contribution in [0.1, 0.15) is 0 Å². The zero-order valence-electron chi connectivity index (χ0n) is 3.94. The van der Waals surface area contributed by atoms with Crippen molar-refractivity contribution in [2.24, 2.45) is 11.5 Å². The highest BCUT2D eigenvalue weighted by atomic mass is 14.9. The van der Waals surface area contributed by atoms with Gasteiger partial charge in [-0.15, -0.1) is 0 Å². The lowest BCUT2D eigenvalue weighted by molar-refractivity contribution is 0.642. The Morgan fingerprint density at radius 1 is 1.67 bits per heavy atom. The van der Waals surface area contributed by atoms with Gasteiger partial charge in [-0.05, 0) is 7.05 Å². The van der Waals surface area contributed by atoms with Crippen LogP contribution in [0.5, 0.6) is 0 Å². The topological polar surface area (TPSA) is 64.1 Å². The smallest absolute Gasteiger partial charge is 0.0649 e. The molecule has 0 aromatic carbocycles. The van der Waals surface area contributed by atoms with Crippen LogP contribution in [0.25, 0.3) is 0 Å². The first kappa shape index (κ1) is 5.88. The van der Waals surface area contributed by atoms with Crippen LogP contribution >= 0.6 is 0 Å². The van der Waals surface area contributed by atoms with Gasteiger partial charge in [0, 0.05) is 6.54 Å². The summed E-state index contributed by atoms with van der Waals surface area (Å²) in [5, 5.41) is 2.82. The third kappa shape index (κ3) is 3.88. The van der Waals surface area contributed by atoms with Gasteiger partial charge in [0.2, 0.25) is 0 Å². The van der Waals surface area contributed by atoms with Gasteiger partial charge < -0.3 is 16.8 Å². The molecule has 0 aliphatic heterocycles. The van der Waals surface area contributed by atoms with Crippen LogP contribution < -0.4 is 16.8 Å². The highest BCUT2D eigenvalue weighted by molar-refractivity contribution is 4.49. The van der Waals surface area contributed by atoms with E-state index in [2.05, 4.69) is 5.32 Å². The first-order valence-electron chi connectivity index (χ1n) is 1.93. The van der Waals surface area contributed by atoms with Crippen molar-refractivity contribution in [3.05, 3.63) is 0 Å². The molecule has 0 rings (SSSR count). The van der Waals surface area contributed by atoms with Crippen LogP contribution in [0.15, 0.2) is 0 Å². The van der Waals surface area contributed by atoms with Crippen molar-refractivity contribution < 1.29 is 0 Å². The molecular weight excluding hydrogens is 78.1 g/mol. The molecule has 0 aliphatic carbocycles. The molecule has 0 unspecified atom stereocenters. The summed E-state index contributed by atoms with van der Waals surface area (Å²) in [6, 6.07) is 0. The summed E-state index contributed by atoms with van der Waals surface area (Å²) >= 11 is 0. The summed E-state index contributed by atoms with van der Waals surface area (Å²) in [6.07, 6.45) is -0.213. The summed E-state index contributed by atoms with van der Waals surface area (Å²) < 4.78 is 0. The van der Waals surface area contributed by atoms with Crippen LogP contribution in [-0.2, 0) is 0 Å². The maximum absolute atomic E-state index is 5.12. The van der Waals surface area contributed by atoms with E-state index in [4.69, 9.17) is 11.5 Å². The first-order valence-corrected chi connectivity index (χ1v) is 1.93. The molecular formula is C3H11N3. The zero-order valence-corrected chi connectivity index (χ0v) is 3.94. The maximum atomic E-state index is 5.12. The van der Waals surface area contributed by atoms with E-state index < -0.39 is 0 Å². The molecule has 38 valence electrons. The Balaban J connectivity index is 2.63. The van der Waals surface area contributed by atoms with Crippen LogP contribution in [0.2, 0.25) is 0 Å². The minimum Gasteiger partial charge on any atom is -0.317 e. The molecule has 0 saturated carbocycles. The van der Waals surface area contributed by atoms with Gasteiger partial charge >= 0.3 is 0 Å². The second kappa shape index (κ2) is 3.08. The van der Waals surface area contributed by atoms with E-state index in [-0.39, 0.29) is 6.17 Å². The van der Waals surface area contributed by atoms with E-state index in [1.165, 1.54) is 0 Å². The molecule has 0 fully saturated rings. The molecule has 5 N–H and O–H groups in total. The average Bonchev–Trinajstić information content (AvgIpc) is 1.35. The van der Waals surface area contributed by atoms with E-state index in [0.717, 1.165) is 0 Å². The van der Waals surface area contributed by atoms with Gasteiger partial charge in [0.15, 0.2) is 0 Å². The Morgan fingerprint density at radius 2 is 2.17 bits per heavy atom. The van der Waals surface area contributed by atoms with Gasteiger partial charge in [0.1, 0.15) is 0 Å². The van der Waals surface area contributed by atoms with Crippen molar-refractivity contribution in [3.8, 4) is 0 Å². The first-order chi connectivity index (χ1) is 2.77. The minimum absolute atomic E-state index is 0.213.